The van der Waals surface area contributed by atoms with Crippen LogP contribution in [0, 0.1) is 0 Å². The van der Waals surface area contributed by atoms with Crippen molar-refractivity contribution in [3.05, 3.63) is 12.7 Å². The van der Waals surface area contributed by atoms with Gasteiger partial charge in [-0.3, -0.25) is 4.79 Å². The first kappa shape index (κ1) is 13.1. The lowest BCUT2D eigenvalue weighted by molar-refractivity contribution is -0.191. The Morgan fingerprint density at radius 2 is 2.00 bits per heavy atom. The normalized spacial score (nSPS) is 12.6. The Labute approximate surface area is 84.8 Å². The van der Waals surface area contributed by atoms with Crippen molar-refractivity contribution in [1.29, 1.82) is 0 Å². The van der Waals surface area contributed by atoms with Gasteiger partial charge in [0.05, 0.1) is 0 Å². The summed E-state index contributed by atoms with van der Waals surface area (Å²) in [5.41, 5.74) is 0. The Morgan fingerprint density at radius 3 is 2.36 bits per heavy atom. The van der Waals surface area contributed by atoms with Crippen LogP contribution in [0.1, 0.15) is 19.8 Å². The number of allylic oxidation sites excluding steroid dienone is 1. The van der Waals surface area contributed by atoms with E-state index in [1.54, 1.807) is 6.08 Å². The van der Waals surface area contributed by atoms with Crippen molar-refractivity contribution in [3.8, 4) is 0 Å². The fraction of sp³-hybridized carbons (Fsp3) is 0.700. The van der Waals surface area contributed by atoms with Gasteiger partial charge in [-0.25, -0.2) is 0 Å². The molecule has 0 aliphatic rings. The molecule has 0 aliphatic heterocycles. The van der Waals surface area contributed by atoms with E-state index in [1.807, 2.05) is 0 Å². The lowest BCUT2D eigenvalue weighted by Crippen LogP contribution is -2.33. The summed E-state index contributed by atoms with van der Waals surface area (Å²) in [5.74, 6) is -0.335. The lowest BCUT2D eigenvalue weighted by Gasteiger charge is -2.23. The van der Waals surface area contributed by atoms with Crippen molar-refractivity contribution >= 4 is 5.97 Å². The van der Waals surface area contributed by atoms with Crippen molar-refractivity contribution in [2.75, 3.05) is 14.2 Å². The molecule has 4 nitrogen and oxygen atoms in total. The highest BCUT2D eigenvalue weighted by atomic mass is 16.7. The predicted molar refractivity (Wildman–Crippen MR) is 52.8 cm³/mol. The Balaban J connectivity index is 4.19. The number of hydrogen-bond donors (Lipinski definition) is 0. The molecule has 0 aliphatic carbocycles. The molecule has 0 amide bonds. The zero-order valence-electron chi connectivity index (χ0n) is 8.99. The minimum Gasteiger partial charge on any atom is -0.457 e. The van der Waals surface area contributed by atoms with E-state index in [0.29, 0.717) is 6.42 Å². The van der Waals surface area contributed by atoms with Crippen LogP contribution in [0.4, 0.5) is 0 Å². The smallest absolute Gasteiger partial charge is 0.303 e. The van der Waals surface area contributed by atoms with E-state index in [4.69, 9.17) is 14.2 Å². The molecule has 82 valence electrons. The van der Waals surface area contributed by atoms with Crippen LogP contribution >= 0.6 is 0 Å². The standard InChI is InChI=1S/C10H18O4/c1-5-6-7-9(14-8(2)11)10(12-3)13-4/h5,9-10H,1,6-7H2,2-4H3/t9-/m1/s1. The van der Waals surface area contributed by atoms with E-state index >= 15 is 0 Å². The van der Waals surface area contributed by atoms with E-state index in [2.05, 4.69) is 6.58 Å². The molecule has 0 fully saturated rings. The van der Waals surface area contributed by atoms with Gasteiger partial charge in [0.1, 0.15) is 0 Å². The van der Waals surface area contributed by atoms with Crippen LogP contribution in [0.2, 0.25) is 0 Å². The minimum absolute atomic E-state index is 0.335. The lowest BCUT2D eigenvalue weighted by atomic mass is 10.2. The topological polar surface area (TPSA) is 44.8 Å². The van der Waals surface area contributed by atoms with Gasteiger partial charge in [0, 0.05) is 21.1 Å². The van der Waals surface area contributed by atoms with E-state index < -0.39 is 6.29 Å². The quantitative estimate of drug-likeness (QED) is 0.356. The molecule has 0 heterocycles. The number of carbonyl (C=O) groups is 1. The third-order valence-electron chi connectivity index (χ3n) is 1.74. The molecular formula is C10H18O4. The first-order valence-corrected chi connectivity index (χ1v) is 4.49. The molecule has 4 heteroatoms. The maximum atomic E-state index is 10.8. The maximum absolute atomic E-state index is 10.8. The van der Waals surface area contributed by atoms with Crippen LogP contribution in [0.3, 0.4) is 0 Å². The molecule has 0 unspecified atom stereocenters. The third-order valence-corrected chi connectivity index (χ3v) is 1.74. The molecule has 0 bridgehead atoms. The van der Waals surface area contributed by atoms with E-state index in [-0.39, 0.29) is 12.1 Å². The highest BCUT2D eigenvalue weighted by Crippen LogP contribution is 2.11. The van der Waals surface area contributed by atoms with E-state index in [1.165, 1.54) is 21.1 Å². The van der Waals surface area contributed by atoms with Crippen molar-refractivity contribution in [2.24, 2.45) is 0 Å². The number of hydrogen-bond acceptors (Lipinski definition) is 4. The number of ether oxygens (including phenoxy) is 3. The number of rotatable bonds is 7. The molecule has 0 saturated heterocycles. The van der Waals surface area contributed by atoms with E-state index in [9.17, 15) is 4.79 Å². The second-order valence-corrected chi connectivity index (χ2v) is 2.85. The molecular weight excluding hydrogens is 184 g/mol. The molecule has 0 N–H and O–H groups in total. The Kier molecular flexibility index (Phi) is 7.06. The summed E-state index contributed by atoms with van der Waals surface area (Å²) in [5, 5.41) is 0. The summed E-state index contributed by atoms with van der Waals surface area (Å²) in [6.07, 6.45) is 2.27. The van der Waals surface area contributed by atoms with Gasteiger partial charge in [-0.1, -0.05) is 6.08 Å². The average Bonchev–Trinajstić information content (AvgIpc) is 2.15. The van der Waals surface area contributed by atoms with E-state index in [0.717, 1.165) is 6.42 Å². The van der Waals surface area contributed by atoms with Gasteiger partial charge < -0.3 is 14.2 Å². The Hall–Kier alpha value is -0.870. The summed E-state index contributed by atoms with van der Waals surface area (Å²) in [6.45, 7) is 4.97. The van der Waals surface area contributed by atoms with Crippen LogP contribution in [0.15, 0.2) is 12.7 Å². The monoisotopic (exact) mass is 202 g/mol. The summed E-state index contributed by atoms with van der Waals surface area (Å²) < 4.78 is 15.1. The molecule has 0 aromatic rings. The number of methoxy groups -OCH3 is 2. The second-order valence-electron chi connectivity index (χ2n) is 2.85. The van der Waals surface area contributed by atoms with Gasteiger partial charge in [0.25, 0.3) is 0 Å². The van der Waals surface area contributed by atoms with Gasteiger partial charge in [0.15, 0.2) is 12.4 Å². The predicted octanol–water partition coefficient (Wildman–Crippen LogP) is 1.50. The van der Waals surface area contributed by atoms with Crippen molar-refractivity contribution in [1.82, 2.24) is 0 Å². The molecule has 0 aromatic heterocycles. The third kappa shape index (κ3) is 4.99. The molecule has 0 rings (SSSR count). The summed E-state index contributed by atoms with van der Waals surface area (Å²) in [4.78, 5) is 10.8. The van der Waals surface area contributed by atoms with Gasteiger partial charge in [-0.05, 0) is 12.8 Å². The van der Waals surface area contributed by atoms with Crippen LogP contribution in [0.5, 0.6) is 0 Å². The summed E-state index contributed by atoms with van der Waals surface area (Å²) >= 11 is 0. The maximum Gasteiger partial charge on any atom is 0.303 e. The second kappa shape index (κ2) is 7.53. The largest absolute Gasteiger partial charge is 0.457 e. The molecule has 1 atom stereocenters. The zero-order valence-corrected chi connectivity index (χ0v) is 8.99. The minimum atomic E-state index is -0.515. The van der Waals surface area contributed by atoms with Crippen molar-refractivity contribution in [2.45, 2.75) is 32.2 Å². The zero-order chi connectivity index (χ0) is 11.0. The first-order chi connectivity index (χ1) is 6.65. The SMILES string of the molecule is C=CCC[C@@H](OC(C)=O)C(OC)OC. The van der Waals surface area contributed by atoms with Gasteiger partial charge >= 0.3 is 5.97 Å². The molecule has 0 aromatic carbocycles. The van der Waals surface area contributed by atoms with Gasteiger partial charge in [-0.15, -0.1) is 6.58 Å². The van der Waals surface area contributed by atoms with Gasteiger partial charge in [-0.2, -0.15) is 0 Å². The fourth-order valence-corrected chi connectivity index (χ4v) is 1.15. The highest BCUT2D eigenvalue weighted by molar-refractivity contribution is 5.66. The number of carbonyl (C=O) groups excluding carboxylic acids is 1. The number of esters is 1. The first-order valence-electron chi connectivity index (χ1n) is 4.49. The van der Waals surface area contributed by atoms with Crippen LogP contribution in [0.25, 0.3) is 0 Å². The molecule has 0 radical (unpaired) electrons. The van der Waals surface area contributed by atoms with Crippen LogP contribution < -0.4 is 0 Å². The summed E-state index contributed by atoms with van der Waals surface area (Å²) in [6, 6.07) is 0. The van der Waals surface area contributed by atoms with Crippen LogP contribution in [-0.2, 0) is 19.0 Å². The van der Waals surface area contributed by atoms with Gasteiger partial charge in [0.2, 0.25) is 0 Å². The highest BCUT2D eigenvalue weighted by Gasteiger charge is 2.22. The molecule has 0 saturated carbocycles. The average molecular weight is 202 g/mol. The van der Waals surface area contributed by atoms with Crippen molar-refractivity contribution < 1.29 is 19.0 Å². The summed E-state index contributed by atoms with van der Waals surface area (Å²) in [7, 11) is 3.02. The van der Waals surface area contributed by atoms with Crippen LogP contribution in [-0.4, -0.2) is 32.6 Å². The Morgan fingerprint density at radius 1 is 1.43 bits per heavy atom. The van der Waals surface area contributed by atoms with Crippen molar-refractivity contribution in [3.63, 3.8) is 0 Å². The molecule has 0 spiro atoms. The Bertz CT molecular complexity index is 175. The molecule has 14 heavy (non-hydrogen) atoms. The fourth-order valence-electron chi connectivity index (χ4n) is 1.15.